The third-order valence-electron chi connectivity index (χ3n) is 18.7. The molecule has 0 aliphatic carbocycles. The summed E-state index contributed by atoms with van der Waals surface area (Å²) in [6.45, 7) is 27.7. The lowest BCUT2D eigenvalue weighted by Gasteiger charge is -2.45. The molecule has 5 nitrogen and oxygen atoms in total. The first-order valence-electron chi connectivity index (χ1n) is 31.3. The summed E-state index contributed by atoms with van der Waals surface area (Å²) in [5.41, 5.74) is 26.7. The Morgan fingerprint density at radius 1 is 0.330 bits per heavy atom. The van der Waals surface area contributed by atoms with Gasteiger partial charge in [0, 0.05) is 78.7 Å². The Morgan fingerprint density at radius 2 is 0.875 bits per heavy atom. The zero-order valence-corrected chi connectivity index (χ0v) is 52.7. The summed E-state index contributed by atoms with van der Waals surface area (Å²) in [5.74, 6) is 0. The summed E-state index contributed by atoms with van der Waals surface area (Å²) in [4.78, 5) is 7.63. The summed E-state index contributed by atoms with van der Waals surface area (Å²) in [6.07, 6.45) is 0. The smallest absolute Gasteiger partial charge is 0.252 e. The number of furan rings is 2. The van der Waals surface area contributed by atoms with Crippen LogP contribution in [0.1, 0.15) is 105 Å². The molecule has 0 spiro atoms. The van der Waals surface area contributed by atoms with Crippen LogP contribution in [-0.4, -0.2) is 6.71 Å². The molecule has 432 valence electrons. The van der Waals surface area contributed by atoms with E-state index in [1.165, 1.54) is 61.1 Å². The van der Waals surface area contributed by atoms with Gasteiger partial charge in [0.05, 0.1) is 5.69 Å². The maximum atomic E-state index is 6.71. The Kier molecular flexibility index (Phi) is 12.5. The molecule has 0 atom stereocenters. The maximum absolute atomic E-state index is 6.71. The Morgan fingerprint density at radius 3 is 1.57 bits per heavy atom. The van der Waals surface area contributed by atoms with Gasteiger partial charge in [0.15, 0.2) is 0 Å². The van der Waals surface area contributed by atoms with Crippen molar-refractivity contribution in [3.8, 4) is 22.3 Å². The molecule has 2 aromatic heterocycles. The summed E-state index contributed by atoms with van der Waals surface area (Å²) < 4.78 is 13.2. The van der Waals surface area contributed by atoms with Crippen LogP contribution >= 0.6 is 0 Å². The zero-order valence-electron chi connectivity index (χ0n) is 52.7. The van der Waals surface area contributed by atoms with E-state index in [9.17, 15) is 0 Å². The van der Waals surface area contributed by atoms with E-state index in [0.717, 1.165) is 94.8 Å². The lowest BCUT2D eigenvalue weighted by atomic mass is 9.33. The fourth-order valence-electron chi connectivity index (χ4n) is 13.8. The van der Waals surface area contributed by atoms with Gasteiger partial charge in [0.25, 0.3) is 6.71 Å². The van der Waals surface area contributed by atoms with Crippen molar-refractivity contribution >= 4 is 118 Å². The first-order valence-corrected chi connectivity index (χ1v) is 31.3. The standard InChI is InChI=1S/C82H74BN3O2/c1-79(2,3)53-31-37-57(38-32-53)84(68-43-33-54(80(4,5)6)45-65(68)51-21-14-13-15-22-51)59-40-42-66-70(49-59)85(58-35-29-52(30-36-58)61-25-20-28-75-77(61)64-24-17-19-27-74(64)87-75)71-47-56(82(10,11)12)48-72-78(71)83(66)67-46-55(81(7,8)9)34-44-69(67)86(72)60-39-41-63-62-23-16-18-26-73(62)88-76(63)50-60/h13-50H,1-12H3. The third kappa shape index (κ3) is 9.13. The van der Waals surface area contributed by atoms with E-state index < -0.39 is 0 Å². The minimum Gasteiger partial charge on any atom is -0.456 e. The summed E-state index contributed by atoms with van der Waals surface area (Å²) in [6, 6.07) is 86.3. The minimum atomic E-state index is -0.224. The first-order chi connectivity index (χ1) is 42.2. The molecule has 2 aliphatic heterocycles. The van der Waals surface area contributed by atoms with Crippen molar-refractivity contribution in [1.29, 1.82) is 0 Å². The molecule has 0 bridgehead atoms. The van der Waals surface area contributed by atoms with Crippen LogP contribution in [0.5, 0.6) is 0 Å². The molecular weight excluding hydrogens is 1070 g/mol. The highest BCUT2D eigenvalue weighted by Crippen LogP contribution is 2.51. The predicted octanol–water partition coefficient (Wildman–Crippen LogP) is 21.6. The zero-order chi connectivity index (χ0) is 60.8. The molecule has 0 N–H and O–H groups in total. The number of anilines is 9. The van der Waals surface area contributed by atoms with Gasteiger partial charge in [0.1, 0.15) is 22.3 Å². The topological polar surface area (TPSA) is 36.0 Å². The average Bonchev–Trinajstić information content (AvgIpc) is 0.803. The van der Waals surface area contributed by atoms with E-state index in [1.54, 1.807) is 0 Å². The van der Waals surface area contributed by atoms with Crippen molar-refractivity contribution in [2.45, 2.75) is 105 Å². The molecule has 11 aromatic carbocycles. The normalized spacial score (nSPS) is 13.4. The second-order valence-electron chi connectivity index (χ2n) is 28.6. The monoisotopic (exact) mass is 1140 g/mol. The number of hydrogen-bond acceptors (Lipinski definition) is 5. The maximum Gasteiger partial charge on any atom is 0.252 e. The number of para-hydroxylation sites is 2. The summed E-state index contributed by atoms with van der Waals surface area (Å²) >= 11 is 0. The van der Waals surface area contributed by atoms with Crippen LogP contribution in [-0.2, 0) is 21.7 Å². The molecule has 0 fully saturated rings. The second kappa shape index (κ2) is 20.0. The first kappa shape index (κ1) is 55.1. The second-order valence-corrected chi connectivity index (χ2v) is 28.6. The lowest BCUT2D eigenvalue weighted by molar-refractivity contribution is 0.590. The largest absolute Gasteiger partial charge is 0.456 e. The van der Waals surface area contributed by atoms with Crippen LogP contribution < -0.4 is 31.1 Å². The van der Waals surface area contributed by atoms with Gasteiger partial charge in [0.2, 0.25) is 0 Å². The van der Waals surface area contributed by atoms with Crippen molar-refractivity contribution in [3.63, 3.8) is 0 Å². The summed E-state index contributed by atoms with van der Waals surface area (Å²) in [5, 5.41) is 4.48. The Labute approximate surface area is 518 Å². The van der Waals surface area contributed by atoms with Gasteiger partial charge in [-0.05, 0) is 174 Å². The number of benzene rings is 11. The number of hydrogen-bond donors (Lipinski definition) is 0. The van der Waals surface area contributed by atoms with Gasteiger partial charge in [-0.1, -0.05) is 210 Å². The highest BCUT2D eigenvalue weighted by molar-refractivity contribution is 7.00. The number of rotatable bonds is 7. The Bertz CT molecular complexity index is 4910. The lowest BCUT2D eigenvalue weighted by Crippen LogP contribution is -2.61. The summed E-state index contributed by atoms with van der Waals surface area (Å²) in [7, 11) is 0. The van der Waals surface area contributed by atoms with Crippen LogP contribution in [0.2, 0.25) is 0 Å². The van der Waals surface area contributed by atoms with Crippen molar-refractivity contribution in [3.05, 3.63) is 253 Å². The highest BCUT2D eigenvalue weighted by Gasteiger charge is 2.45. The Balaban J connectivity index is 1.02. The molecule has 0 unspecified atom stereocenters. The van der Waals surface area contributed by atoms with Gasteiger partial charge in [-0.15, -0.1) is 0 Å². The minimum absolute atomic E-state index is 0.0232. The van der Waals surface area contributed by atoms with Crippen LogP contribution in [0, 0.1) is 0 Å². The SMILES string of the molecule is CC(C)(C)c1ccc(N(c2ccc3c(c2)N(c2ccc(-c4cccc5oc6ccccc6c45)cc2)c2cc(C(C)(C)C)cc4c2B3c2cc(C(C)(C)C)ccc2N4c2ccc3c(c2)oc2ccccc23)c2ccc(C(C)(C)C)cc2-c2ccccc2)cc1. The fourth-order valence-corrected chi connectivity index (χ4v) is 13.8. The van der Waals surface area contributed by atoms with E-state index >= 15 is 0 Å². The van der Waals surface area contributed by atoms with Gasteiger partial charge in [-0.3, -0.25) is 0 Å². The van der Waals surface area contributed by atoms with Crippen molar-refractivity contribution < 1.29 is 8.83 Å². The van der Waals surface area contributed by atoms with Crippen molar-refractivity contribution in [2.24, 2.45) is 0 Å². The van der Waals surface area contributed by atoms with E-state index in [4.69, 9.17) is 8.83 Å². The van der Waals surface area contributed by atoms with Crippen LogP contribution in [0.4, 0.5) is 51.2 Å². The quantitative estimate of drug-likeness (QED) is 0.149. The third-order valence-corrected chi connectivity index (χ3v) is 18.7. The van der Waals surface area contributed by atoms with Gasteiger partial charge in [-0.25, -0.2) is 0 Å². The molecule has 2 aliphatic rings. The van der Waals surface area contributed by atoms with E-state index in [-0.39, 0.29) is 28.4 Å². The molecule has 0 amide bonds. The molecule has 4 heterocycles. The molecular formula is C82H74BN3O2. The fraction of sp³-hybridized carbons (Fsp3) is 0.195. The van der Waals surface area contributed by atoms with Crippen LogP contribution in [0.3, 0.4) is 0 Å². The molecule has 15 rings (SSSR count). The van der Waals surface area contributed by atoms with Gasteiger partial charge in [-0.2, -0.15) is 0 Å². The molecule has 0 radical (unpaired) electrons. The van der Waals surface area contributed by atoms with Crippen molar-refractivity contribution in [2.75, 3.05) is 14.7 Å². The van der Waals surface area contributed by atoms with Gasteiger partial charge < -0.3 is 23.5 Å². The molecule has 0 saturated heterocycles. The van der Waals surface area contributed by atoms with Crippen molar-refractivity contribution in [1.82, 2.24) is 0 Å². The van der Waals surface area contributed by atoms with E-state index in [1.807, 2.05) is 6.07 Å². The average molecular weight is 1140 g/mol. The molecule has 6 heteroatoms. The molecule has 13 aromatic rings. The van der Waals surface area contributed by atoms with Gasteiger partial charge >= 0.3 is 0 Å². The molecule has 88 heavy (non-hydrogen) atoms. The van der Waals surface area contributed by atoms with Crippen LogP contribution in [0.15, 0.2) is 239 Å². The molecule has 0 saturated carbocycles. The highest BCUT2D eigenvalue weighted by atomic mass is 16.3. The van der Waals surface area contributed by atoms with Crippen LogP contribution in [0.25, 0.3) is 66.1 Å². The van der Waals surface area contributed by atoms with E-state index in [0.29, 0.717) is 0 Å². The number of nitrogens with zero attached hydrogens (tertiary/aromatic N) is 3. The Hall–Kier alpha value is -9.52. The van der Waals surface area contributed by atoms with E-state index in [2.05, 4.69) is 322 Å². The number of fused-ring (bicyclic) bond motifs is 10. The predicted molar refractivity (Wildman–Crippen MR) is 375 cm³/mol.